The van der Waals surface area contributed by atoms with Crippen molar-refractivity contribution in [1.82, 2.24) is 15.5 Å². The van der Waals surface area contributed by atoms with E-state index in [1.165, 1.54) is 11.0 Å². The molecule has 0 aliphatic heterocycles. The Labute approximate surface area is 293 Å². The van der Waals surface area contributed by atoms with Crippen molar-refractivity contribution in [3.05, 3.63) is 65.2 Å². The highest BCUT2D eigenvalue weighted by molar-refractivity contribution is 5.94. The highest BCUT2D eigenvalue weighted by Gasteiger charge is 2.39. The minimum atomic E-state index is -1.19. The fourth-order valence-corrected chi connectivity index (χ4v) is 5.36. The summed E-state index contributed by atoms with van der Waals surface area (Å²) in [5.41, 5.74) is 0.213. The van der Waals surface area contributed by atoms with E-state index in [0.29, 0.717) is 24.0 Å². The van der Waals surface area contributed by atoms with Crippen LogP contribution in [-0.2, 0) is 30.3 Å². The topological polar surface area (TPSA) is 134 Å². The van der Waals surface area contributed by atoms with Crippen LogP contribution in [0.15, 0.2) is 48.5 Å². The van der Waals surface area contributed by atoms with Gasteiger partial charge in [0.1, 0.15) is 35.1 Å². The van der Waals surface area contributed by atoms with Crippen molar-refractivity contribution in [2.24, 2.45) is 5.92 Å². The van der Waals surface area contributed by atoms with E-state index in [0.717, 1.165) is 24.8 Å². The van der Waals surface area contributed by atoms with Gasteiger partial charge in [-0.1, -0.05) is 82.9 Å². The molecule has 0 fully saturated rings. The number of hydrogen-bond donors (Lipinski definition) is 3. The lowest BCUT2D eigenvalue weighted by molar-refractivity contribution is -0.159. The number of alkyl carbamates (subject to hydrolysis) is 1. The van der Waals surface area contributed by atoms with Crippen molar-refractivity contribution in [3.8, 4) is 5.75 Å². The van der Waals surface area contributed by atoms with E-state index in [-0.39, 0.29) is 24.6 Å². The lowest BCUT2D eigenvalue weighted by Crippen LogP contribution is -2.56. The highest BCUT2D eigenvalue weighted by atomic mass is 16.6. The Morgan fingerprint density at radius 3 is 2.04 bits per heavy atom. The number of unbranched alkanes of at least 4 members (excludes halogenated alkanes) is 3. The van der Waals surface area contributed by atoms with Crippen molar-refractivity contribution in [2.75, 3.05) is 6.54 Å². The molecular formula is C39H59N3O7. The van der Waals surface area contributed by atoms with E-state index < -0.39 is 53.2 Å². The molecule has 0 saturated carbocycles. The van der Waals surface area contributed by atoms with Crippen molar-refractivity contribution in [3.63, 3.8) is 0 Å². The van der Waals surface area contributed by atoms with Gasteiger partial charge in [0.2, 0.25) is 11.8 Å². The number of nitrogens with zero attached hydrogens (tertiary/aromatic N) is 1. The number of phenols is 1. The third kappa shape index (κ3) is 13.8. The number of amides is 3. The molecule has 4 atom stereocenters. The number of ether oxygens (including phenoxy) is 2. The largest absolute Gasteiger partial charge is 0.508 e. The van der Waals surface area contributed by atoms with Crippen LogP contribution in [0, 0.1) is 12.8 Å². The first-order chi connectivity index (χ1) is 22.9. The molecule has 49 heavy (non-hydrogen) atoms. The Kier molecular flexibility index (Phi) is 15.6. The van der Waals surface area contributed by atoms with Gasteiger partial charge in [-0.25, -0.2) is 9.59 Å². The molecule has 0 aliphatic rings. The van der Waals surface area contributed by atoms with Crippen molar-refractivity contribution in [2.45, 2.75) is 137 Å². The second-order valence-corrected chi connectivity index (χ2v) is 14.8. The maximum atomic E-state index is 14.7. The van der Waals surface area contributed by atoms with Gasteiger partial charge in [0.15, 0.2) is 0 Å². The molecule has 0 spiro atoms. The first-order valence-corrected chi connectivity index (χ1v) is 17.5. The number of phenolic OH excluding ortho intramolecular Hbond substituents is 1. The van der Waals surface area contributed by atoms with Gasteiger partial charge in [0.25, 0.3) is 0 Å². The molecule has 2 rings (SSSR count). The number of esters is 1. The lowest BCUT2D eigenvalue weighted by atomic mass is 9.94. The first kappa shape index (κ1) is 41.1. The fourth-order valence-electron chi connectivity index (χ4n) is 5.36. The van der Waals surface area contributed by atoms with Crippen molar-refractivity contribution >= 4 is 23.9 Å². The predicted octanol–water partition coefficient (Wildman–Crippen LogP) is 7.16. The van der Waals surface area contributed by atoms with E-state index in [1.807, 2.05) is 44.2 Å². The molecule has 4 unspecified atom stereocenters. The summed E-state index contributed by atoms with van der Waals surface area (Å²) < 4.78 is 11.3. The smallest absolute Gasteiger partial charge is 0.408 e. The fraction of sp³-hybridized carbons (Fsp3) is 0.590. The van der Waals surface area contributed by atoms with Gasteiger partial charge < -0.3 is 30.1 Å². The molecule has 10 nitrogen and oxygen atoms in total. The third-order valence-electron chi connectivity index (χ3n) is 8.07. The van der Waals surface area contributed by atoms with Gasteiger partial charge in [-0.15, -0.1) is 0 Å². The van der Waals surface area contributed by atoms with E-state index in [2.05, 4.69) is 17.6 Å². The van der Waals surface area contributed by atoms with Gasteiger partial charge in [-0.05, 0) is 89.6 Å². The summed E-state index contributed by atoms with van der Waals surface area (Å²) in [4.78, 5) is 57.4. The van der Waals surface area contributed by atoms with Crippen LogP contribution in [0.1, 0.15) is 117 Å². The first-order valence-electron chi connectivity index (χ1n) is 17.5. The summed E-state index contributed by atoms with van der Waals surface area (Å²) in [6.07, 6.45) is 3.37. The molecule has 0 aromatic heterocycles. The van der Waals surface area contributed by atoms with Crippen LogP contribution >= 0.6 is 0 Å². The van der Waals surface area contributed by atoms with Gasteiger partial charge in [0.05, 0.1) is 0 Å². The molecule has 2 aromatic rings. The number of carbonyl (C=O) groups is 4. The zero-order valence-corrected chi connectivity index (χ0v) is 31.2. The standard InChI is InChI=1S/C39H59N3O7/c1-11-13-14-18-23-42(35(45)32(26(3)12-2)41-37(47)49-39(8,9)10)33(29-21-22-31(43)27(4)24-29)34(44)40-30(36(46)48-38(5,6)7)25-28-19-16-15-17-20-28/h15-17,19-22,24,26,30,32-33,43H,11-14,18,23,25H2,1-10H3,(H,40,44)(H,41,47). The summed E-state index contributed by atoms with van der Waals surface area (Å²) in [6, 6.07) is 10.8. The van der Waals surface area contributed by atoms with Crippen LogP contribution in [0.3, 0.4) is 0 Å². The number of hydrogen-bond acceptors (Lipinski definition) is 7. The van der Waals surface area contributed by atoms with Gasteiger partial charge >= 0.3 is 12.1 Å². The lowest BCUT2D eigenvalue weighted by Gasteiger charge is -2.37. The average Bonchev–Trinajstić information content (AvgIpc) is 3.00. The molecule has 3 amide bonds. The van der Waals surface area contributed by atoms with E-state index in [1.54, 1.807) is 60.6 Å². The molecule has 0 aliphatic carbocycles. The summed E-state index contributed by atoms with van der Waals surface area (Å²) in [6.45, 7) is 18.3. The van der Waals surface area contributed by atoms with Gasteiger partial charge in [-0.2, -0.15) is 0 Å². The zero-order chi connectivity index (χ0) is 36.9. The summed E-state index contributed by atoms with van der Waals surface area (Å²) in [5.74, 6) is -1.88. The quantitative estimate of drug-likeness (QED) is 0.126. The van der Waals surface area contributed by atoms with E-state index in [9.17, 15) is 24.3 Å². The minimum absolute atomic E-state index is 0.0449. The second kappa shape index (κ2) is 18.6. The minimum Gasteiger partial charge on any atom is -0.508 e. The highest BCUT2D eigenvalue weighted by Crippen LogP contribution is 2.29. The SMILES string of the molecule is CCCCCCN(C(=O)C(NC(=O)OC(C)(C)C)C(C)CC)C(C(=O)NC(Cc1ccccc1)C(=O)OC(C)(C)C)c1ccc(O)c(C)c1. The monoisotopic (exact) mass is 681 g/mol. The van der Waals surface area contributed by atoms with Gasteiger partial charge in [-0.3, -0.25) is 9.59 Å². The Hall–Kier alpha value is -4.08. The zero-order valence-electron chi connectivity index (χ0n) is 31.2. The van der Waals surface area contributed by atoms with Crippen LogP contribution in [0.5, 0.6) is 5.75 Å². The number of nitrogens with one attached hydrogen (secondary N) is 2. The summed E-state index contributed by atoms with van der Waals surface area (Å²) in [5, 5.41) is 16.1. The maximum Gasteiger partial charge on any atom is 0.408 e. The van der Waals surface area contributed by atoms with Crippen molar-refractivity contribution in [1.29, 1.82) is 0 Å². The van der Waals surface area contributed by atoms with Crippen LogP contribution < -0.4 is 10.6 Å². The van der Waals surface area contributed by atoms with Crippen LogP contribution in [-0.4, -0.2) is 63.7 Å². The molecule has 10 heteroatoms. The van der Waals surface area contributed by atoms with Gasteiger partial charge in [0, 0.05) is 13.0 Å². The number of benzene rings is 2. The Bertz CT molecular complexity index is 1380. The third-order valence-corrected chi connectivity index (χ3v) is 8.07. The molecule has 0 saturated heterocycles. The molecule has 0 heterocycles. The Morgan fingerprint density at radius 1 is 0.857 bits per heavy atom. The molecule has 2 aromatic carbocycles. The van der Waals surface area contributed by atoms with Crippen LogP contribution in [0.2, 0.25) is 0 Å². The molecule has 272 valence electrons. The number of aryl methyl sites for hydroxylation is 1. The second-order valence-electron chi connectivity index (χ2n) is 14.8. The van der Waals surface area contributed by atoms with Crippen molar-refractivity contribution < 1.29 is 33.8 Å². The van der Waals surface area contributed by atoms with Crippen LogP contribution in [0.25, 0.3) is 0 Å². The molecule has 0 radical (unpaired) electrons. The summed E-state index contributed by atoms with van der Waals surface area (Å²) in [7, 11) is 0. The molecule has 0 bridgehead atoms. The normalized spacial score (nSPS) is 14.2. The Balaban J connectivity index is 2.69. The number of carbonyl (C=O) groups excluding carboxylic acids is 4. The Morgan fingerprint density at radius 2 is 1.49 bits per heavy atom. The van der Waals surface area contributed by atoms with E-state index in [4.69, 9.17) is 9.47 Å². The maximum absolute atomic E-state index is 14.7. The average molecular weight is 682 g/mol. The molecule has 3 N–H and O–H groups in total. The summed E-state index contributed by atoms with van der Waals surface area (Å²) >= 11 is 0. The van der Waals surface area contributed by atoms with E-state index >= 15 is 0 Å². The predicted molar refractivity (Wildman–Crippen MR) is 192 cm³/mol. The molecular weight excluding hydrogens is 622 g/mol. The number of rotatable bonds is 16. The number of aromatic hydroxyl groups is 1. The van der Waals surface area contributed by atoms with Crippen LogP contribution in [0.4, 0.5) is 4.79 Å².